The molecule has 5 rings (SSSR count). The Labute approximate surface area is 109 Å². The molecule has 0 aliphatic heterocycles. The molecule has 4 bridgehead atoms. The number of rotatable bonds is 2. The van der Waals surface area contributed by atoms with Gasteiger partial charge in [0, 0.05) is 11.9 Å². The Balaban J connectivity index is 1.61. The fourth-order valence-corrected chi connectivity index (χ4v) is 5.34. The Morgan fingerprint density at radius 3 is 2.28 bits per heavy atom. The molecule has 98 valence electrons. The van der Waals surface area contributed by atoms with Crippen LogP contribution in [0.25, 0.3) is 0 Å². The number of hydrogen-bond acceptors (Lipinski definition) is 2. The van der Waals surface area contributed by atoms with Gasteiger partial charge in [-0.25, -0.2) is 4.98 Å². The van der Waals surface area contributed by atoms with Gasteiger partial charge in [-0.2, -0.15) is 0 Å². The highest BCUT2D eigenvalue weighted by molar-refractivity contribution is 5.09. The minimum atomic E-state index is 0.133. The van der Waals surface area contributed by atoms with Gasteiger partial charge in [0.15, 0.2) is 0 Å². The van der Waals surface area contributed by atoms with E-state index < -0.39 is 0 Å². The van der Waals surface area contributed by atoms with E-state index in [1.165, 1.54) is 32.1 Å². The molecule has 3 heteroatoms. The number of hydrogen-bond donors (Lipinski definition) is 2. The molecule has 4 fully saturated rings. The Bertz CT molecular complexity index is 422. The number of aromatic amines is 1. The molecule has 1 heterocycles. The van der Waals surface area contributed by atoms with Crippen molar-refractivity contribution in [3.63, 3.8) is 0 Å². The molecule has 0 radical (unpaired) electrons. The second-order valence-electron chi connectivity index (χ2n) is 6.99. The molecule has 4 aliphatic carbocycles. The van der Waals surface area contributed by atoms with E-state index in [1.54, 1.807) is 0 Å². The van der Waals surface area contributed by atoms with Gasteiger partial charge in [-0.1, -0.05) is 0 Å². The van der Waals surface area contributed by atoms with Crippen molar-refractivity contribution < 1.29 is 0 Å². The summed E-state index contributed by atoms with van der Waals surface area (Å²) in [5.41, 5.74) is 7.67. The average molecular weight is 245 g/mol. The number of aryl methyl sites for hydroxylation is 1. The zero-order valence-electron chi connectivity index (χ0n) is 11.1. The fourth-order valence-electron chi connectivity index (χ4n) is 5.34. The van der Waals surface area contributed by atoms with Gasteiger partial charge in [0.1, 0.15) is 5.82 Å². The number of aromatic nitrogens is 2. The lowest BCUT2D eigenvalue weighted by atomic mass is 9.50. The van der Waals surface area contributed by atoms with E-state index in [1.807, 2.05) is 6.20 Å². The van der Waals surface area contributed by atoms with Gasteiger partial charge in [0.05, 0.1) is 6.04 Å². The molecule has 0 amide bonds. The Hall–Kier alpha value is -0.830. The van der Waals surface area contributed by atoms with Crippen LogP contribution in [0, 0.1) is 36.5 Å². The van der Waals surface area contributed by atoms with Crippen molar-refractivity contribution in [1.82, 2.24) is 9.97 Å². The summed E-state index contributed by atoms with van der Waals surface area (Å²) in [5, 5.41) is 0. The largest absolute Gasteiger partial charge is 0.345 e. The molecule has 1 aromatic rings. The lowest BCUT2D eigenvalue weighted by molar-refractivity contribution is -0.0481. The van der Waals surface area contributed by atoms with Crippen molar-refractivity contribution in [2.45, 2.75) is 45.1 Å². The predicted octanol–water partition coefficient (Wildman–Crippen LogP) is 2.79. The molecule has 4 saturated carbocycles. The summed E-state index contributed by atoms with van der Waals surface area (Å²) in [6.07, 6.45) is 9.16. The summed E-state index contributed by atoms with van der Waals surface area (Å²) >= 11 is 0. The van der Waals surface area contributed by atoms with Gasteiger partial charge in [-0.3, -0.25) is 0 Å². The SMILES string of the molecule is Cc1cnc(C(N)C2C3CC4CC(C3)CC2C4)[nH]1. The van der Waals surface area contributed by atoms with Crippen molar-refractivity contribution in [1.29, 1.82) is 0 Å². The van der Waals surface area contributed by atoms with Crippen LogP contribution < -0.4 is 5.73 Å². The molecule has 3 nitrogen and oxygen atoms in total. The maximum absolute atomic E-state index is 6.54. The van der Waals surface area contributed by atoms with Crippen LogP contribution >= 0.6 is 0 Å². The van der Waals surface area contributed by atoms with Crippen LogP contribution in [-0.4, -0.2) is 9.97 Å². The van der Waals surface area contributed by atoms with Gasteiger partial charge in [-0.05, 0) is 68.6 Å². The van der Waals surface area contributed by atoms with E-state index in [2.05, 4.69) is 16.9 Å². The molecule has 0 saturated heterocycles. The zero-order chi connectivity index (χ0) is 12.3. The first-order valence-corrected chi connectivity index (χ1v) is 7.47. The van der Waals surface area contributed by atoms with Gasteiger partial charge < -0.3 is 10.7 Å². The highest BCUT2D eigenvalue weighted by Crippen LogP contribution is 2.58. The van der Waals surface area contributed by atoms with E-state index in [9.17, 15) is 0 Å². The topological polar surface area (TPSA) is 54.7 Å². The quantitative estimate of drug-likeness (QED) is 0.841. The summed E-state index contributed by atoms with van der Waals surface area (Å²) in [5.74, 6) is 5.50. The number of imidazole rings is 1. The smallest absolute Gasteiger partial charge is 0.123 e. The van der Waals surface area contributed by atoms with Crippen molar-refractivity contribution in [2.75, 3.05) is 0 Å². The van der Waals surface area contributed by atoms with Crippen LogP contribution in [-0.2, 0) is 0 Å². The number of nitrogens with two attached hydrogens (primary N) is 1. The van der Waals surface area contributed by atoms with Gasteiger partial charge >= 0.3 is 0 Å². The molecular formula is C15H23N3. The average Bonchev–Trinajstić information content (AvgIpc) is 2.74. The van der Waals surface area contributed by atoms with Crippen molar-refractivity contribution in [3.05, 3.63) is 17.7 Å². The summed E-state index contributed by atoms with van der Waals surface area (Å²) in [6.45, 7) is 2.06. The molecule has 18 heavy (non-hydrogen) atoms. The molecule has 4 aliphatic rings. The van der Waals surface area contributed by atoms with Crippen LogP contribution in [0.3, 0.4) is 0 Å². The summed E-state index contributed by atoms with van der Waals surface area (Å²) in [4.78, 5) is 7.82. The van der Waals surface area contributed by atoms with E-state index in [0.29, 0.717) is 5.92 Å². The highest BCUT2D eigenvalue weighted by atomic mass is 15.0. The van der Waals surface area contributed by atoms with Crippen molar-refractivity contribution >= 4 is 0 Å². The maximum atomic E-state index is 6.54. The molecular weight excluding hydrogens is 222 g/mol. The lowest BCUT2D eigenvalue weighted by Gasteiger charge is -2.55. The summed E-state index contributed by atoms with van der Waals surface area (Å²) < 4.78 is 0. The predicted molar refractivity (Wildman–Crippen MR) is 70.8 cm³/mol. The van der Waals surface area contributed by atoms with E-state index in [4.69, 9.17) is 5.73 Å². The van der Waals surface area contributed by atoms with Crippen LogP contribution in [0.4, 0.5) is 0 Å². The third-order valence-corrected chi connectivity index (χ3v) is 5.75. The van der Waals surface area contributed by atoms with Crippen LogP contribution in [0.15, 0.2) is 6.20 Å². The molecule has 3 N–H and O–H groups in total. The van der Waals surface area contributed by atoms with Gasteiger partial charge in [0.25, 0.3) is 0 Å². The van der Waals surface area contributed by atoms with E-state index in [0.717, 1.165) is 35.2 Å². The summed E-state index contributed by atoms with van der Waals surface area (Å²) in [7, 11) is 0. The second-order valence-corrected chi connectivity index (χ2v) is 6.99. The highest BCUT2D eigenvalue weighted by Gasteiger charge is 2.50. The first-order chi connectivity index (χ1) is 8.70. The Morgan fingerprint density at radius 1 is 1.17 bits per heavy atom. The molecule has 1 aromatic heterocycles. The lowest BCUT2D eigenvalue weighted by Crippen LogP contribution is -2.48. The Morgan fingerprint density at radius 2 is 1.78 bits per heavy atom. The van der Waals surface area contributed by atoms with Crippen molar-refractivity contribution in [3.8, 4) is 0 Å². The number of nitrogens with one attached hydrogen (secondary N) is 1. The minimum absolute atomic E-state index is 0.133. The van der Waals surface area contributed by atoms with Gasteiger partial charge in [-0.15, -0.1) is 0 Å². The van der Waals surface area contributed by atoms with Gasteiger partial charge in [0.2, 0.25) is 0 Å². The zero-order valence-corrected chi connectivity index (χ0v) is 11.1. The van der Waals surface area contributed by atoms with Crippen molar-refractivity contribution in [2.24, 2.45) is 35.3 Å². The molecule has 1 atom stereocenters. The summed E-state index contributed by atoms with van der Waals surface area (Å²) in [6, 6.07) is 0.133. The first kappa shape index (κ1) is 11.0. The monoisotopic (exact) mass is 245 g/mol. The normalized spacial score (nSPS) is 43.3. The third-order valence-electron chi connectivity index (χ3n) is 5.75. The first-order valence-electron chi connectivity index (χ1n) is 7.47. The Kier molecular flexibility index (Phi) is 2.35. The maximum Gasteiger partial charge on any atom is 0.123 e. The van der Waals surface area contributed by atoms with E-state index >= 15 is 0 Å². The molecule has 1 unspecified atom stereocenters. The fraction of sp³-hybridized carbons (Fsp3) is 0.800. The second kappa shape index (κ2) is 3.83. The standard InChI is InChI=1S/C15H23N3/c1-8-7-17-15(18-8)14(16)13-11-3-9-2-10(5-11)6-12(13)4-9/h7,9-14H,2-6,16H2,1H3,(H,17,18). The number of H-pyrrole nitrogens is 1. The number of nitrogens with zero attached hydrogens (tertiary/aromatic N) is 1. The van der Waals surface area contributed by atoms with Crippen LogP contribution in [0.1, 0.15) is 49.7 Å². The third kappa shape index (κ3) is 1.56. The minimum Gasteiger partial charge on any atom is -0.345 e. The van der Waals surface area contributed by atoms with Crippen LogP contribution in [0.2, 0.25) is 0 Å². The molecule has 0 spiro atoms. The molecule has 0 aromatic carbocycles. The van der Waals surface area contributed by atoms with E-state index in [-0.39, 0.29) is 6.04 Å². The van der Waals surface area contributed by atoms with Crippen LogP contribution in [0.5, 0.6) is 0 Å².